The molecule has 0 saturated carbocycles. The predicted octanol–water partition coefficient (Wildman–Crippen LogP) is 1.42. The molecule has 2 N–H and O–H groups in total. The van der Waals surface area contributed by atoms with Gasteiger partial charge in [0.1, 0.15) is 5.69 Å². The third-order valence-corrected chi connectivity index (χ3v) is 2.70. The molecule has 0 aromatic heterocycles. The van der Waals surface area contributed by atoms with Crippen LogP contribution in [-0.4, -0.2) is 36.7 Å². The molecule has 2 rings (SSSR count). The number of morpholine rings is 1. The van der Waals surface area contributed by atoms with Crippen LogP contribution in [0.2, 0.25) is 0 Å². The van der Waals surface area contributed by atoms with Crippen molar-refractivity contribution in [2.24, 2.45) is 0 Å². The summed E-state index contributed by atoms with van der Waals surface area (Å²) in [4.78, 5) is 2.08. The fourth-order valence-corrected chi connectivity index (χ4v) is 1.87. The highest BCUT2D eigenvalue weighted by Crippen LogP contribution is 2.29. The molecule has 1 aliphatic heterocycles. The Morgan fingerprint density at radius 2 is 1.94 bits per heavy atom. The summed E-state index contributed by atoms with van der Waals surface area (Å²) in [6.07, 6.45) is 0. The Balaban J connectivity index is 2.31. The zero-order valence-electron chi connectivity index (χ0n) is 9.26. The van der Waals surface area contributed by atoms with Crippen LogP contribution in [0.1, 0.15) is 5.56 Å². The quantitative estimate of drug-likeness (QED) is 0.744. The molecule has 0 spiro atoms. The summed E-state index contributed by atoms with van der Waals surface area (Å²) in [5, 5.41) is 18.6. The van der Waals surface area contributed by atoms with Crippen LogP contribution in [0.5, 0.6) is 0 Å². The minimum Gasteiger partial charge on any atom is -0.378 e. The van der Waals surface area contributed by atoms with E-state index in [1.807, 2.05) is 19.1 Å². The fourth-order valence-electron chi connectivity index (χ4n) is 1.87. The first-order chi connectivity index (χ1) is 7.68. The van der Waals surface area contributed by atoms with E-state index in [0.29, 0.717) is 18.9 Å². The Bertz CT molecular complexity index is 362. The van der Waals surface area contributed by atoms with Gasteiger partial charge in [-0.3, -0.25) is 10.4 Å². The predicted molar refractivity (Wildman–Crippen MR) is 60.3 cm³/mol. The average molecular weight is 224 g/mol. The number of ether oxygens (including phenoxy) is 1. The molecule has 1 saturated heterocycles. The van der Waals surface area contributed by atoms with Gasteiger partial charge in [0.2, 0.25) is 0 Å². The largest absolute Gasteiger partial charge is 0.378 e. The monoisotopic (exact) mass is 224 g/mol. The number of aryl methyl sites for hydroxylation is 1. The lowest BCUT2D eigenvalue weighted by Gasteiger charge is -2.31. The number of rotatable bonds is 2. The van der Waals surface area contributed by atoms with E-state index in [1.54, 1.807) is 6.07 Å². The molecule has 16 heavy (non-hydrogen) atoms. The van der Waals surface area contributed by atoms with Crippen LogP contribution in [0.4, 0.5) is 11.4 Å². The highest BCUT2D eigenvalue weighted by Gasteiger charge is 2.17. The second kappa shape index (κ2) is 4.69. The van der Waals surface area contributed by atoms with Gasteiger partial charge in [-0.05, 0) is 24.6 Å². The number of hydrogen-bond acceptors (Lipinski definition) is 5. The first-order valence-electron chi connectivity index (χ1n) is 5.30. The summed E-state index contributed by atoms with van der Waals surface area (Å²) in [6, 6.07) is 5.60. The Labute approximate surface area is 94.4 Å². The molecule has 1 aromatic rings. The van der Waals surface area contributed by atoms with Gasteiger partial charge in [-0.1, -0.05) is 6.07 Å². The van der Waals surface area contributed by atoms with Gasteiger partial charge in [-0.2, -0.15) is 0 Å². The molecular formula is C11H16N2O3. The van der Waals surface area contributed by atoms with Crippen molar-refractivity contribution in [3.05, 3.63) is 23.8 Å². The molecule has 0 amide bonds. The van der Waals surface area contributed by atoms with Crippen molar-refractivity contribution >= 4 is 11.4 Å². The van der Waals surface area contributed by atoms with Gasteiger partial charge in [-0.15, -0.1) is 5.23 Å². The van der Waals surface area contributed by atoms with E-state index in [0.717, 1.165) is 24.3 Å². The van der Waals surface area contributed by atoms with Gasteiger partial charge in [0.25, 0.3) is 0 Å². The molecule has 1 aromatic carbocycles. The van der Waals surface area contributed by atoms with E-state index in [4.69, 9.17) is 4.74 Å². The second-order valence-corrected chi connectivity index (χ2v) is 3.88. The number of hydrogen-bond donors (Lipinski definition) is 2. The maximum atomic E-state index is 9.19. The van der Waals surface area contributed by atoms with Gasteiger partial charge < -0.3 is 9.64 Å². The fraction of sp³-hybridized carbons (Fsp3) is 0.455. The van der Waals surface area contributed by atoms with Crippen LogP contribution in [0.3, 0.4) is 0 Å². The van der Waals surface area contributed by atoms with Crippen molar-refractivity contribution in [1.82, 2.24) is 0 Å². The molecule has 1 fully saturated rings. The third kappa shape index (κ3) is 2.27. The standard InChI is InChI=1S/C11H16N2O3/c1-9-2-3-10(11(8-9)13(14)15)12-4-6-16-7-5-12/h2-3,8,14-15H,4-7H2,1H3. The number of anilines is 2. The smallest absolute Gasteiger partial charge is 0.118 e. The lowest BCUT2D eigenvalue weighted by atomic mass is 10.1. The molecule has 0 radical (unpaired) electrons. The van der Waals surface area contributed by atoms with Crippen molar-refractivity contribution in [3.63, 3.8) is 0 Å². The van der Waals surface area contributed by atoms with E-state index >= 15 is 0 Å². The summed E-state index contributed by atoms with van der Waals surface area (Å²) >= 11 is 0. The Morgan fingerprint density at radius 1 is 1.25 bits per heavy atom. The van der Waals surface area contributed by atoms with Crippen LogP contribution in [0.15, 0.2) is 18.2 Å². The normalized spacial score (nSPS) is 16.3. The zero-order chi connectivity index (χ0) is 11.5. The molecule has 5 heteroatoms. The molecule has 0 atom stereocenters. The molecular weight excluding hydrogens is 208 g/mol. The van der Waals surface area contributed by atoms with Crippen molar-refractivity contribution in [2.75, 3.05) is 36.4 Å². The van der Waals surface area contributed by atoms with Gasteiger partial charge in [0, 0.05) is 13.1 Å². The van der Waals surface area contributed by atoms with Gasteiger partial charge in [0.05, 0.1) is 18.9 Å². The van der Waals surface area contributed by atoms with E-state index in [2.05, 4.69) is 4.90 Å². The number of nitrogens with zero attached hydrogens (tertiary/aromatic N) is 2. The van der Waals surface area contributed by atoms with E-state index < -0.39 is 0 Å². The molecule has 0 aliphatic carbocycles. The van der Waals surface area contributed by atoms with Crippen molar-refractivity contribution in [1.29, 1.82) is 0 Å². The maximum Gasteiger partial charge on any atom is 0.118 e. The molecule has 88 valence electrons. The molecule has 5 nitrogen and oxygen atoms in total. The zero-order valence-corrected chi connectivity index (χ0v) is 9.26. The summed E-state index contributed by atoms with van der Waals surface area (Å²) in [6.45, 7) is 4.79. The Hall–Kier alpha value is -1.30. The van der Waals surface area contributed by atoms with Crippen molar-refractivity contribution in [2.45, 2.75) is 6.92 Å². The molecule has 0 unspecified atom stereocenters. The van der Waals surface area contributed by atoms with Gasteiger partial charge in [0.15, 0.2) is 0 Å². The molecule has 1 heterocycles. The van der Waals surface area contributed by atoms with Crippen molar-refractivity contribution in [3.8, 4) is 0 Å². The first kappa shape index (κ1) is 11.2. The lowest BCUT2D eigenvalue weighted by molar-refractivity contribution is 0.0292. The van der Waals surface area contributed by atoms with Crippen LogP contribution >= 0.6 is 0 Å². The van der Waals surface area contributed by atoms with E-state index in [9.17, 15) is 10.4 Å². The first-order valence-corrected chi connectivity index (χ1v) is 5.30. The summed E-state index contributed by atoms with van der Waals surface area (Å²) in [5.74, 6) is 0. The topological polar surface area (TPSA) is 56.2 Å². The van der Waals surface area contributed by atoms with Crippen LogP contribution in [0, 0.1) is 6.92 Å². The lowest BCUT2D eigenvalue weighted by Crippen LogP contribution is -2.37. The molecule has 1 aliphatic rings. The highest BCUT2D eigenvalue weighted by molar-refractivity contribution is 5.70. The summed E-state index contributed by atoms with van der Waals surface area (Å²) in [5.41, 5.74) is 2.21. The minimum atomic E-state index is 0.178. The highest BCUT2D eigenvalue weighted by atomic mass is 16.8. The van der Waals surface area contributed by atoms with Crippen LogP contribution in [0.25, 0.3) is 0 Å². The Morgan fingerprint density at radius 3 is 2.56 bits per heavy atom. The van der Waals surface area contributed by atoms with Crippen LogP contribution in [-0.2, 0) is 4.74 Å². The summed E-state index contributed by atoms with van der Waals surface area (Å²) < 4.78 is 5.26. The SMILES string of the molecule is Cc1ccc(N2CCOCC2)c(N(O)O)c1. The van der Waals surface area contributed by atoms with E-state index in [1.165, 1.54) is 0 Å². The third-order valence-electron chi connectivity index (χ3n) is 2.70. The van der Waals surface area contributed by atoms with E-state index in [-0.39, 0.29) is 5.23 Å². The second-order valence-electron chi connectivity index (χ2n) is 3.88. The maximum absolute atomic E-state index is 9.19. The van der Waals surface area contributed by atoms with Gasteiger partial charge >= 0.3 is 0 Å². The Kier molecular flexibility index (Phi) is 3.28. The number of benzene rings is 1. The summed E-state index contributed by atoms with van der Waals surface area (Å²) in [7, 11) is 0. The van der Waals surface area contributed by atoms with Crippen molar-refractivity contribution < 1.29 is 15.2 Å². The molecule has 0 bridgehead atoms. The van der Waals surface area contributed by atoms with Crippen LogP contribution < -0.4 is 10.1 Å². The average Bonchev–Trinajstić information content (AvgIpc) is 2.30. The van der Waals surface area contributed by atoms with Gasteiger partial charge in [-0.25, -0.2) is 0 Å². The minimum absolute atomic E-state index is 0.178.